The maximum absolute atomic E-state index is 12.9. The molecule has 120 valence electrons. The van der Waals surface area contributed by atoms with E-state index in [1.54, 1.807) is 12.0 Å². The number of hydrogen-bond acceptors (Lipinski definition) is 3. The molecule has 1 aliphatic rings. The first-order chi connectivity index (χ1) is 11.7. The summed E-state index contributed by atoms with van der Waals surface area (Å²) in [7, 11) is 1.63. The molecule has 1 amide bonds. The number of hydrogen-bond donors (Lipinski definition) is 0. The summed E-state index contributed by atoms with van der Waals surface area (Å²) in [5.41, 5.74) is 2.54. The van der Waals surface area contributed by atoms with Gasteiger partial charge in [-0.3, -0.25) is 9.69 Å². The molecule has 1 aliphatic heterocycles. The van der Waals surface area contributed by atoms with E-state index in [-0.39, 0.29) is 5.91 Å². The van der Waals surface area contributed by atoms with E-state index in [0.717, 1.165) is 38.9 Å². The van der Waals surface area contributed by atoms with Crippen molar-refractivity contribution in [1.82, 2.24) is 4.98 Å². The Labute approximate surface area is 148 Å². The number of amides is 1. The molecule has 0 aliphatic carbocycles. The molecule has 5 heteroatoms. The number of carbonyl (C=O) groups excluding carboxylic acids is 1. The summed E-state index contributed by atoms with van der Waals surface area (Å²) in [6, 6.07) is 15.4. The van der Waals surface area contributed by atoms with E-state index in [1.807, 2.05) is 42.5 Å². The molecule has 0 spiro atoms. The molecule has 0 radical (unpaired) electrons. The molecule has 2 aromatic carbocycles. The Balaban J connectivity index is 1.79. The van der Waals surface area contributed by atoms with E-state index < -0.39 is 0 Å². The van der Waals surface area contributed by atoms with Crippen LogP contribution in [0.3, 0.4) is 0 Å². The number of rotatable bonds is 2. The summed E-state index contributed by atoms with van der Waals surface area (Å²) >= 11 is 3.40. The van der Waals surface area contributed by atoms with Gasteiger partial charge >= 0.3 is 0 Å². The highest BCUT2D eigenvalue weighted by Gasteiger charge is 2.28. The van der Waals surface area contributed by atoms with E-state index in [0.29, 0.717) is 12.1 Å². The van der Waals surface area contributed by atoms with Gasteiger partial charge in [0.2, 0.25) is 0 Å². The largest absolute Gasteiger partial charge is 0.494 e. The second-order valence-electron chi connectivity index (χ2n) is 5.72. The Morgan fingerprint density at radius 3 is 2.75 bits per heavy atom. The molecule has 0 unspecified atom stereocenters. The van der Waals surface area contributed by atoms with Gasteiger partial charge in [-0.2, -0.15) is 0 Å². The molecule has 24 heavy (non-hydrogen) atoms. The van der Waals surface area contributed by atoms with Gasteiger partial charge in [-0.15, -0.1) is 0 Å². The monoisotopic (exact) mass is 382 g/mol. The molecular weight excluding hydrogens is 368 g/mol. The lowest BCUT2D eigenvalue weighted by Gasteiger charge is -2.17. The van der Waals surface area contributed by atoms with Gasteiger partial charge in [-0.05, 0) is 48.4 Å². The number of pyridine rings is 1. The number of para-hydroxylation sites is 1. The van der Waals surface area contributed by atoms with Crippen molar-refractivity contribution < 1.29 is 9.53 Å². The zero-order valence-corrected chi connectivity index (χ0v) is 14.7. The van der Waals surface area contributed by atoms with Crippen molar-refractivity contribution in [3.05, 3.63) is 64.1 Å². The second-order valence-corrected chi connectivity index (χ2v) is 6.63. The Morgan fingerprint density at radius 2 is 2.00 bits per heavy atom. The third kappa shape index (κ3) is 2.45. The van der Waals surface area contributed by atoms with Gasteiger partial charge in [-0.25, -0.2) is 4.98 Å². The van der Waals surface area contributed by atoms with Crippen LogP contribution in [0.25, 0.3) is 10.9 Å². The molecule has 4 nitrogen and oxygen atoms in total. The lowest BCUT2D eigenvalue weighted by molar-refractivity contribution is 0.0988. The van der Waals surface area contributed by atoms with E-state index in [2.05, 4.69) is 22.0 Å². The molecule has 0 N–H and O–H groups in total. The van der Waals surface area contributed by atoms with Gasteiger partial charge < -0.3 is 4.74 Å². The third-order valence-corrected chi connectivity index (χ3v) is 4.81. The number of ether oxygens (including phenoxy) is 1. The Kier molecular flexibility index (Phi) is 3.73. The van der Waals surface area contributed by atoms with Gasteiger partial charge in [0.1, 0.15) is 17.1 Å². The fourth-order valence-electron chi connectivity index (χ4n) is 3.07. The van der Waals surface area contributed by atoms with Crippen LogP contribution in [0.1, 0.15) is 15.9 Å². The second kappa shape index (κ2) is 5.91. The maximum atomic E-state index is 12.9. The lowest BCUT2D eigenvalue weighted by atomic mass is 10.1. The van der Waals surface area contributed by atoms with Gasteiger partial charge in [0, 0.05) is 22.0 Å². The number of fused-ring (bicyclic) bond motifs is 2. The van der Waals surface area contributed by atoms with Crippen LogP contribution in [0.5, 0.6) is 5.75 Å². The minimum absolute atomic E-state index is 0.0250. The third-order valence-electron chi connectivity index (χ3n) is 4.28. The standard InChI is InChI=1S/C19H15BrN2O2/c1-24-16-4-2-3-13-11-14-9-10-22(18(14)21-17(13)16)19(23)12-5-7-15(20)8-6-12/h2-8,11H,9-10H2,1H3. The van der Waals surface area contributed by atoms with E-state index in [1.165, 1.54) is 0 Å². The number of aromatic nitrogens is 1. The van der Waals surface area contributed by atoms with Crippen molar-refractivity contribution in [2.45, 2.75) is 6.42 Å². The molecule has 0 bridgehead atoms. The molecule has 0 atom stereocenters. The lowest BCUT2D eigenvalue weighted by Crippen LogP contribution is -2.29. The van der Waals surface area contributed by atoms with Gasteiger partial charge in [0.15, 0.2) is 0 Å². The molecule has 4 rings (SSSR count). The topological polar surface area (TPSA) is 42.4 Å². The van der Waals surface area contributed by atoms with Crippen LogP contribution < -0.4 is 9.64 Å². The van der Waals surface area contributed by atoms with E-state index in [4.69, 9.17) is 9.72 Å². The first kappa shape index (κ1) is 15.1. The van der Waals surface area contributed by atoms with E-state index >= 15 is 0 Å². The highest BCUT2D eigenvalue weighted by atomic mass is 79.9. The fourth-order valence-corrected chi connectivity index (χ4v) is 3.34. The van der Waals surface area contributed by atoms with Crippen molar-refractivity contribution in [3.63, 3.8) is 0 Å². The van der Waals surface area contributed by atoms with Crippen molar-refractivity contribution in [2.75, 3.05) is 18.6 Å². The SMILES string of the molecule is COc1cccc2cc3c(nc12)N(C(=O)c1ccc(Br)cc1)CC3. The Hall–Kier alpha value is -2.40. The van der Waals surface area contributed by atoms with Crippen LogP contribution in [-0.2, 0) is 6.42 Å². The predicted octanol–water partition coefficient (Wildman–Crippen LogP) is 4.21. The molecule has 1 aromatic heterocycles. The van der Waals surface area contributed by atoms with E-state index in [9.17, 15) is 4.79 Å². The average molecular weight is 383 g/mol. The summed E-state index contributed by atoms with van der Waals surface area (Å²) in [5, 5.41) is 1.03. The zero-order valence-electron chi connectivity index (χ0n) is 13.1. The number of nitrogens with zero attached hydrogens (tertiary/aromatic N) is 2. The van der Waals surface area contributed by atoms with Gasteiger partial charge in [-0.1, -0.05) is 28.1 Å². The highest BCUT2D eigenvalue weighted by molar-refractivity contribution is 9.10. The smallest absolute Gasteiger partial charge is 0.259 e. The zero-order chi connectivity index (χ0) is 16.7. The van der Waals surface area contributed by atoms with Crippen LogP contribution >= 0.6 is 15.9 Å². The summed E-state index contributed by atoms with van der Waals surface area (Å²) in [6.07, 6.45) is 0.817. The fraction of sp³-hybridized carbons (Fsp3) is 0.158. The minimum atomic E-state index is -0.0250. The minimum Gasteiger partial charge on any atom is -0.494 e. The Bertz CT molecular complexity index is 938. The molecule has 2 heterocycles. The normalized spacial score (nSPS) is 13.2. The van der Waals surface area contributed by atoms with Crippen molar-refractivity contribution in [3.8, 4) is 5.75 Å². The predicted molar refractivity (Wildman–Crippen MR) is 97.8 cm³/mol. The first-order valence-corrected chi connectivity index (χ1v) is 8.51. The van der Waals surface area contributed by atoms with Crippen LogP contribution in [0.15, 0.2) is 53.0 Å². The molecule has 0 saturated heterocycles. The van der Waals surface area contributed by atoms with Gasteiger partial charge in [0.25, 0.3) is 5.91 Å². The summed E-state index contributed by atoms with van der Waals surface area (Å²) in [6.45, 7) is 0.649. The van der Waals surface area contributed by atoms with Gasteiger partial charge in [0.05, 0.1) is 7.11 Å². The molecule has 0 fully saturated rings. The van der Waals surface area contributed by atoms with Crippen LogP contribution in [0.2, 0.25) is 0 Å². The maximum Gasteiger partial charge on any atom is 0.259 e. The molecular formula is C19H15BrN2O2. The number of anilines is 1. The first-order valence-electron chi connectivity index (χ1n) is 7.71. The van der Waals surface area contributed by atoms with Crippen molar-refractivity contribution in [1.29, 1.82) is 0 Å². The highest BCUT2D eigenvalue weighted by Crippen LogP contribution is 2.33. The molecule has 3 aromatic rings. The van der Waals surface area contributed by atoms with Crippen LogP contribution in [0.4, 0.5) is 5.82 Å². The number of benzene rings is 2. The summed E-state index contributed by atoms with van der Waals surface area (Å²) in [5.74, 6) is 1.43. The van der Waals surface area contributed by atoms with Crippen molar-refractivity contribution >= 4 is 38.6 Å². The molecule has 0 saturated carbocycles. The summed E-state index contributed by atoms with van der Waals surface area (Å²) < 4.78 is 6.36. The number of methoxy groups -OCH3 is 1. The Morgan fingerprint density at radius 1 is 1.21 bits per heavy atom. The number of carbonyl (C=O) groups is 1. The van der Waals surface area contributed by atoms with Crippen LogP contribution in [-0.4, -0.2) is 24.5 Å². The average Bonchev–Trinajstić information content (AvgIpc) is 3.02. The van der Waals surface area contributed by atoms with Crippen molar-refractivity contribution in [2.24, 2.45) is 0 Å². The number of halogens is 1. The quantitative estimate of drug-likeness (QED) is 0.666. The summed E-state index contributed by atoms with van der Waals surface area (Å²) in [4.78, 5) is 19.3. The van der Waals surface area contributed by atoms with Crippen LogP contribution in [0, 0.1) is 0 Å².